The maximum Gasteiger partial charge on any atom is 0.332 e. The number of hydrogen-bond acceptors (Lipinski definition) is 3. The molecule has 5 nitrogen and oxygen atoms in total. The van der Waals surface area contributed by atoms with Gasteiger partial charge in [0.1, 0.15) is 0 Å². The predicted molar refractivity (Wildman–Crippen MR) is 95.3 cm³/mol. The van der Waals surface area contributed by atoms with E-state index in [1.807, 2.05) is 26.0 Å². The van der Waals surface area contributed by atoms with Crippen molar-refractivity contribution in [1.29, 1.82) is 5.41 Å². The maximum absolute atomic E-state index is 7.85. The van der Waals surface area contributed by atoms with E-state index in [0.29, 0.717) is 5.69 Å². The van der Waals surface area contributed by atoms with Crippen molar-refractivity contribution in [1.82, 2.24) is 4.59 Å². The standard InChI is InChI=1S/C12H16BrN5S.ClH/c1-3-8(2)17-18(11(14)15,12(16)19)10-6-4-9(13)5-7-10;/h4-7H,3H2,1-2H3,(H4-,14,15,16,19);1H/p+1/b17-8+;. The van der Waals surface area contributed by atoms with Gasteiger partial charge in [0.15, 0.2) is 5.69 Å². The number of thiocarbonyl (C=S) groups is 1. The van der Waals surface area contributed by atoms with E-state index in [2.05, 4.69) is 21.0 Å². The van der Waals surface area contributed by atoms with Crippen LogP contribution in [-0.2, 0) is 0 Å². The Balaban J connectivity index is 0.00000361. The van der Waals surface area contributed by atoms with Gasteiger partial charge in [0.25, 0.3) is 0 Å². The molecule has 0 aliphatic heterocycles. The Hall–Kier alpha value is -1.02. The van der Waals surface area contributed by atoms with E-state index in [4.69, 9.17) is 29.1 Å². The van der Waals surface area contributed by atoms with E-state index in [1.54, 1.807) is 12.1 Å². The van der Waals surface area contributed by atoms with Crippen molar-refractivity contribution in [3.05, 3.63) is 28.7 Å². The fourth-order valence-electron chi connectivity index (χ4n) is 1.53. The highest BCUT2D eigenvalue weighted by Gasteiger charge is 2.40. The summed E-state index contributed by atoms with van der Waals surface area (Å²) in [5.41, 5.74) is 13.0. The molecule has 20 heavy (non-hydrogen) atoms. The molecule has 1 aromatic carbocycles. The number of nitrogens with two attached hydrogens (primary N) is 2. The quantitative estimate of drug-likeness (QED) is 0.248. The van der Waals surface area contributed by atoms with Crippen LogP contribution in [0.2, 0.25) is 0 Å². The summed E-state index contributed by atoms with van der Waals surface area (Å²) in [5.74, 6) is -0.234. The Bertz CT molecular complexity index is 515. The van der Waals surface area contributed by atoms with Crippen molar-refractivity contribution in [2.75, 3.05) is 0 Å². The molecular weight excluding hydrogens is 362 g/mol. The van der Waals surface area contributed by atoms with Gasteiger partial charge in [0.2, 0.25) is 0 Å². The predicted octanol–water partition coefficient (Wildman–Crippen LogP) is 3.10. The van der Waals surface area contributed by atoms with Crippen LogP contribution in [0.3, 0.4) is 0 Å². The molecule has 0 saturated carbocycles. The van der Waals surface area contributed by atoms with E-state index >= 15 is 0 Å². The zero-order valence-electron chi connectivity index (χ0n) is 11.3. The highest BCUT2D eigenvalue weighted by molar-refractivity contribution is 9.10. The molecule has 0 heterocycles. The first-order valence-electron chi connectivity index (χ1n) is 5.70. The van der Waals surface area contributed by atoms with Crippen molar-refractivity contribution in [3.63, 3.8) is 0 Å². The highest BCUT2D eigenvalue weighted by Crippen LogP contribution is 2.26. The molecule has 110 valence electrons. The van der Waals surface area contributed by atoms with Gasteiger partial charge in [-0.3, -0.25) is 0 Å². The van der Waals surface area contributed by atoms with Gasteiger partial charge in [-0.25, -0.2) is 5.41 Å². The van der Waals surface area contributed by atoms with Gasteiger partial charge >= 0.3 is 11.1 Å². The number of nitrogens with zero attached hydrogens (tertiary/aromatic N) is 2. The summed E-state index contributed by atoms with van der Waals surface area (Å²) in [6, 6.07) is 7.24. The third kappa shape index (κ3) is 3.76. The van der Waals surface area contributed by atoms with Gasteiger partial charge in [-0.15, -0.1) is 12.4 Å². The Morgan fingerprint density at radius 2 is 1.85 bits per heavy atom. The molecule has 0 spiro atoms. The fourth-order valence-corrected chi connectivity index (χ4v) is 2.04. The van der Waals surface area contributed by atoms with Crippen LogP contribution in [0.25, 0.3) is 0 Å². The van der Waals surface area contributed by atoms with Crippen LogP contribution in [0, 0.1) is 5.41 Å². The third-order valence-corrected chi connectivity index (χ3v) is 3.49. The average Bonchev–Trinajstić information content (AvgIpc) is 2.36. The fraction of sp³-hybridized carbons (Fsp3) is 0.250. The number of benzene rings is 1. The van der Waals surface area contributed by atoms with E-state index in [0.717, 1.165) is 16.6 Å². The van der Waals surface area contributed by atoms with E-state index in [1.165, 1.54) is 0 Å². The smallest absolute Gasteiger partial charge is 0.332 e. The first-order chi connectivity index (χ1) is 8.84. The van der Waals surface area contributed by atoms with E-state index in [-0.39, 0.29) is 23.5 Å². The summed E-state index contributed by atoms with van der Waals surface area (Å²) in [6.07, 6.45) is 0.729. The van der Waals surface area contributed by atoms with Gasteiger partial charge in [0.05, 0.1) is 5.71 Å². The molecule has 8 heteroatoms. The van der Waals surface area contributed by atoms with Crippen LogP contribution < -0.4 is 16.1 Å². The number of hydrogen-bond donors (Lipinski definition) is 3. The lowest BCUT2D eigenvalue weighted by molar-refractivity contribution is 0.617. The van der Waals surface area contributed by atoms with Gasteiger partial charge in [0, 0.05) is 28.8 Å². The van der Waals surface area contributed by atoms with Crippen molar-refractivity contribution in [3.8, 4) is 0 Å². The van der Waals surface area contributed by atoms with Gasteiger partial charge in [-0.1, -0.05) is 28.0 Å². The Morgan fingerprint density at radius 3 is 2.20 bits per heavy atom. The SMILES string of the molecule is CC/C(C)=N/[N+](C(=N)N)(C(N)=S)c1ccc(Br)cc1.Cl. The van der Waals surface area contributed by atoms with Gasteiger partial charge in [-0.05, 0) is 30.1 Å². The molecule has 1 unspecified atom stereocenters. The summed E-state index contributed by atoms with van der Waals surface area (Å²) < 4.78 is 0.444. The molecule has 1 aromatic rings. The molecule has 0 bridgehead atoms. The van der Waals surface area contributed by atoms with Crippen LogP contribution in [0.5, 0.6) is 0 Å². The van der Waals surface area contributed by atoms with Gasteiger partial charge in [-0.2, -0.15) is 0 Å². The van der Waals surface area contributed by atoms with Gasteiger partial charge < -0.3 is 11.5 Å². The van der Waals surface area contributed by atoms with E-state index < -0.39 is 4.59 Å². The first-order valence-corrected chi connectivity index (χ1v) is 6.90. The Labute approximate surface area is 138 Å². The molecule has 0 fully saturated rings. The second-order valence-corrected chi connectivity index (χ2v) is 5.36. The molecule has 0 saturated heterocycles. The molecule has 0 amide bonds. The molecule has 1 atom stereocenters. The number of nitrogens with one attached hydrogen (secondary N) is 1. The van der Waals surface area contributed by atoms with Crippen LogP contribution in [-0.4, -0.2) is 16.8 Å². The number of rotatable bonds is 3. The lowest BCUT2D eigenvalue weighted by atomic mass is 10.3. The number of quaternary nitrogens is 1. The minimum Gasteiger partial charge on any atom is -0.342 e. The second kappa shape index (κ2) is 7.68. The third-order valence-electron chi connectivity index (χ3n) is 2.70. The molecule has 0 radical (unpaired) electrons. The number of halogens is 2. The Morgan fingerprint density at radius 1 is 1.35 bits per heavy atom. The molecular formula is C12H18BrClN5S+. The van der Waals surface area contributed by atoms with Crippen LogP contribution in [0.4, 0.5) is 5.69 Å². The molecule has 5 N–H and O–H groups in total. The summed E-state index contributed by atoms with van der Waals surface area (Å²) in [6.45, 7) is 3.82. The first kappa shape index (κ1) is 19.0. The topological polar surface area (TPSA) is 88.2 Å². The summed E-state index contributed by atoms with van der Waals surface area (Å²) in [5, 5.41) is 12.3. The highest BCUT2D eigenvalue weighted by atomic mass is 79.9. The summed E-state index contributed by atoms with van der Waals surface area (Å²) in [7, 11) is 0. The van der Waals surface area contributed by atoms with Crippen molar-refractivity contribution >= 4 is 63.0 Å². The number of guanidine groups is 1. The largest absolute Gasteiger partial charge is 0.342 e. The van der Waals surface area contributed by atoms with Crippen molar-refractivity contribution < 1.29 is 0 Å². The van der Waals surface area contributed by atoms with Crippen molar-refractivity contribution in [2.45, 2.75) is 20.3 Å². The zero-order chi connectivity index (χ0) is 14.6. The lowest BCUT2D eigenvalue weighted by Gasteiger charge is -2.27. The second-order valence-electron chi connectivity index (χ2n) is 4.02. The normalized spacial score (nSPS) is 14.1. The van der Waals surface area contributed by atoms with E-state index in [9.17, 15) is 0 Å². The lowest BCUT2D eigenvalue weighted by Crippen LogP contribution is -2.60. The zero-order valence-corrected chi connectivity index (χ0v) is 14.5. The maximum atomic E-state index is 7.85. The van der Waals surface area contributed by atoms with Crippen LogP contribution >= 0.6 is 40.6 Å². The molecule has 1 rings (SSSR count). The monoisotopic (exact) mass is 378 g/mol. The molecule has 0 aliphatic carbocycles. The van der Waals surface area contributed by atoms with Crippen LogP contribution in [0.1, 0.15) is 20.3 Å². The van der Waals surface area contributed by atoms with Crippen molar-refractivity contribution in [2.24, 2.45) is 16.6 Å². The summed E-state index contributed by atoms with van der Waals surface area (Å²) >= 11 is 8.46. The molecule has 0 aromatic heterocycles. The minimum atomic E-state index is -0.470. The summed E-state index contributed by atoms with van der Waals surface area (Å²) in [4.78, 5) is 0. The minimum absolute atomic E-state index is 0. The van der Waals surface area contributed by atoms with Crippen LogP contribution in [0.15, 0.2) is 33.8 Å². The molecule has 0 aliphatic rings. The Kier molecular flexibility index (Phi) is 7.29. The average molecular weight is 380 g/mol.